The summed E-state index contributed by atoms with van der Waals surface area (Å²) >= 11 is 0. The van der Waals surface area contributed by atoms with Gasteiger partial charge in [-0.3, -0.25) is 14.4 Å². The van der Waals surface area contributed by atoms with E-state index in [-0.39, 0.29) is 25.9 Å². The molecular formula is C67H116O12. The van der Waals surface area contributed by atoms with E-state index in [2.05, 4.69) is 81.5 Å². The molecule has 0 amide bonds. The van der Waals surface area contributed by atoms with Crippen LogP contribution in [0.5, 0.6) is 0 Å². The Kier molecular flexibility index (Phi) is 51.1. The van der Waals surface area contributed by atoms with Gasteiger partial charge in [-0.2, -0.15) is 0 Å². The van der Waals surface area contributed by atoms with Crippen molar-refractivity contribution in [3.05, 3.63) is 60.8 Å². The minimum absolute atomic E-state index is 0.0462. The zero-order valence-corrected chi connectivity index (χ0v) is 50.4. The summed E-state index contributed by atoms with van der Waals surface area (Å²) in [6.07, 6.45) is 56.2. The van der Waals surface area contributed by atoms with Gasteiger partial charge in [-0.1, -0.05) is 248 Å². The molecule has 0 radical (unpaired) electrons. The van der Waals surface area contributed by atoms with E-state index in [0.717, 1.165) is 96.3 Å². The number of carboxylic acid groups (broad SMARTS) is 1. The third-order valence-electron chi connectivity index (χ3n) is 14.6. The molecule has 6 unspecified atom stereocenters. The van der Waals surface area contributed by atoms with Crippen LogP contribution in [-0.4, -0.2) is 89.2 Å². The van der Waals surface area contributed by atoms with Gasteiger partial charge in [-0.25, -0.2) is 4.79 Å². The Balaban J connectivity index is 2.67. The van der Waals surface area contributed by atoms with Gasteiger partial charge in [-0.05, 0) is 83.5 Å². The summed E-state index contributed by atoms with van der Waals surface area (Å²) in [5, 5.41) is 31.5. The maximum atomic E-state index is 13.2. The molecule has 1 aliphatic rings. The molecule has 1 rings (SSSR count). The van der Waals surface area contributed by atoms with Crippen molar-refractivity contribution < 1.29 is 58.2 Å². The molecule has 3 N–H and O–H groups in total. The van der Waals surface area contributed by atoms with Crippen molar-refractivity contribution in [3.8, 4) is 0 Å². The Labute approximate surface area is 481 Å². The van der Waals surface area contributed by atoms with Crippen LogP contribution in [-0.2, 0) is 42.9 Å². The highest BCUT2D eigenvalue weighted by Crippen LogP contribution is 2.27. The number of hydrogen-bond acceptors (Lipinski definition) is 11. The fourth-order valence-corrected chi connectivity index (χ4v) is 9.65. The van der Waals surface area contributed by atoms with Crippen LogP contribution in [0.2, 0.25) is 0 Å². The molecule has 0 aliphatic carbocycles. The number of rotatable bonds is 55. The Hall–Kier alpha value is -3.58. The number of ether oxygens (including phenoxy) is 5. The minimum atomic E-state index is -1.91. The summed E-state index contributed by atoms with van der Waals surface area (Å²) < 4.78 is 28.5. The van der Waals surface area contributed by atoms with Gasteiger partial charge in [0.2, 0.25) is 0 Å². The summed E-state index contributed by atoms with van der Waals surface area (Å²) in [7, 11) is 0. The van der Waals surface area contributed by atoms with E-state index in [9.17, 15) is 34.5 Å². The van der Waals surface area contributed by atoms with Gasteiger partial charge in [0.1, 0.15) is 18.8 Å². The number of esters is 3. The van der Waals surface area contributed by atoms with Crippen LogP contribution in [0.4, 0.5) is 0 Å². The van der Waals surface area contributed by atoms with Crippen LogP contribution in [0.3, 0.4) is 0 Å². The highest BCUT2D eigenvalue weighted by molar-refractivity contribution is 5.74. The molecule has 79 heavy (non-hydrogen) atoms. The van der Waals surface area contributed by atoms with Gasteiger partial charge in [0.15, 0.2) is 24.6 Å². The fraction of sp³-hybridized carbons (Fsp3) is 0.791. The highest BCUT2D eigenvalue weighted by Gasteiger charge is 2.50. The van der Waals surface area contributed by atoms with E-state index in [1.165, 1.54) is 135 Å². The first-order chi connectivity index (χ1) is 38.6. The molecule has 456 valence electrons. The van der Waals surface area contributed by atoms with E-state index in [0.29, 0.717) is 19.3 Å². The second kappa shape index (κ2) is 55.0. The molecule has 0 aromatic rings. The third kappa shape index (κ3) is 44.7. The number of allylic oxidation sites excluding steroid dienone is 10. The molecule has 0 aromatic carbocycles. The molecule has 1 fully saturated rings. The smallest absolute Gasteiger partial charge is 0.335 e. The number of aliphatic hydroxyl groups is 2. The maximum Gasteiger partial charge on any atom is 0.335 e. The lowest BCUT2D eigenvalue weighted by Crippen LogP contribution is -2.61. The fourth-order valence-electron chi connectivity index (χ4n) is 9.65. The zero-order chi connectivity index (χ0) is 57.5. The van der Waals surface area contributed by atoms with Crippen molar-refractivity contribution >= 4 is 23.9 Å². The number of unbranched alkanes of at least 4 members (excludes halogenated alkanes) is 31. The van der Waals surface area contributed by atoms with E-state index >= 15 is 0 Å². The standard InChI is InChI=1S/C67H116O12/c1-4-7-10-13-16-19-22-25-28-29-30-31-34-35-38-41-44-47-50-53-59(68)75-56-58(77-60(69)54-51-48-45-42-39-36-32-26-23-20-17-14-11-8-5-2)57-76-67-65(63(72)62(71)64(79-67)66(73)74)78-61(70)55-52-49-46-43-40-37-33-27-24-21-18-15-12-9-6-3/h8,11,17,20,26-27,32-33,39,42,58,62-65,67,71-72H,4-7,9-10,12-16,18-19,21-25,28-31,34-38,40-41,43-57H2,1-3H3,(H,73,74)/b11-8-,20-17-,32-26-,33-27-,42-39-. The van der Waals surface area contributed by atoms with E-state index in [1.54, 1.807) is 0 Å². The normalized spacial score (nSPS) is 18.2. The average molecular weight is 1110 g/mol. The molecule has 12 heteroatoms. The van der Waals surface area contributed by atoms with Crippen molar-refractivity contribution in [2.45, 2.75) is 327 Å². The highest BCUT2D eigenvalue weighted by atomic mass is 16.7. The summed E-state index contributed by atoms with van der Waals surface area (Å²) in [5.41, 5.74) is 0. The lowest BCUT2D eigenvalue weighted by Gasteiger charge is -2.40. The monoisotopic (exact) mass is 1110 g/mol. The quantitative estimate of drug-likeness (QED) is 0.0228. The number of carbonyl (C=O) groups excluding carboxylic acids is 3. The molecule has 1 heterocycles. The first-order valence-electron chi connectivity index (χ1n) is 32.3. The number of hydrogen-bond donors (Lipinski definition) is 3. The van der Waals surface area contributed by atoms with Crippen molar-refractivity contribution in [1.82, 2.24) is 0 Å². The minimum Gasteiger partial charge on any atom is -0.479 e. The zero-order valence-electron chi connectivity index (χ0n) is 50.4. The van der Waals surface area contributed by atoms with E-state index < -0.39 is 67.3 Å². The number of carboxylic acids is 1. The predicted octanol–water partition coefficient (Wildman–Crippen LogP) is 17.1. The second-order valence-corrected chi connectivity index (χ2v) is 22.0. The van der Waals surface area contributed by atoms with E-state index in [4.69, 9.17) is 23.7 Å². The van der Waals surface area contributed by atoms with Crippen LogP contribution in [0.15, 0.2) is 60.8 Å². The molecular weight excluding hydrogens is 997 g/mol. The lowest BCUT2D eigenvalue weighted by atomic mass is 9.98. The molecule has 1 saturated heterocycles. The second-order valence-electron chi connectivity index (χ2n) is 22.0. The van der Waals surface area contributed by atoms with Gasteiger partial charge in [0, 0.05) is 19.3 Å². The number of carbonyl (C=O) groups is 4. The average Bonchev–Trinajstić information content (AvgIpc) is 3.46. The Morgan fingerprint density at radius 1 is 0.430 bits per heavy atom. The van der Waals surface area contributed by atoms with Crippen LogP contribution >= 0.6 is 0 Å². The first kappa shape index (κ1) is 73.4. The molecule has 0 bridgehead atoms. The van der Waals surface area contributed by atoms with Crippen molar-refractivity contribution in [3.63, 3.8) is 0 Å². The van der Waals surface area contributed by atoms with E-state index in [1.807, 2.05) is 0 Å². The summed E-state index contributed by atoms with van der Waals surface area (Å²) in [5.74, 6) is -3.17. The summed E-state index contributed by atoms with van der Waals surface area (Å²) in [6.45, 7) is 5.87. The van der Waals surface area contributed by atoms with Crippen LogP contribution in [0.1, 0.15) is 290 Å². The molecule has 0 aromatic heterocycles. The van der Waals surface area contributed by atoms with Gasteiger partial charge >= 0.3 is 23.9 Å². The van der Waals surface area contributed by atoms with Gasteiger partial charge in [-0.15, -0.1) is 0 Å². The molecule has 0 saturated carbocycles. The van der Waals surface area contributed by atoms with Crippen LogP contribution in [0.25, 0.3) is 0 Å². The Morgan fingerprint density at radius 2 is 0.797 bits per heavy atom. The SMILES string of the molecule is CC/C=C\C/C=C\C/C=C\C/C=C\CCCCC(=O)OC(COC(=O)CCCCCCCCCCCCCCCCCCCCC)COC1OC(C(=O)O)C(O)C(O)C1OC(=O)CCCCCCC/C=C\CCCCCCCC. The molecule has 6 atom stereocenters. The first-order valence-corrected chi connectivity index (χ1v) is 32.3. The largest absolute Gasteiger partial charge is 0.479 e. The van der Waals surface area contributed by atoms with Gasteiger partial charge in [0.05, 0.1) is 6.61 Å². The molecule has 12 nitrogen and oxygen atoms in total. The van der Waals surface area contributed by atoms with Gasteiger partial charge in [0.25, 0.3) is 0 Å². The Bertz CT molecular complexity index is 1600. The molecule has 0 spiro atoms. The summed E-state index contributed by atoms with van der Waals surface area (Å²) in [6, 6.07) is 0. The maximum absolute atomic E-state index is 13.2. The van der Waals surface area contributed by atoms with Crippen molar-refractivity contribution in [2.75, 3.05) is 13.2 Å². The van der Waals surface area contributed by atoms with Gasteiger partial charge < -0.3 is 39.0 Å². The molecule has 1 aliphatic heterocycles. The Morgan fingerprint density at radius 3 is 1.25 bits per heavy atom. The van der Waals surface area contributed by atoms with Crippen LogP contribution < -0.4 is 0 Å². The number of aliphatic carboxylic acids is 1. The van der Waals surface area contributed by atoms with Crippen molar-refractivity contribution in [1.29, 1.82) is 0 Å². The van der Waals surface area contributed by atoms with Crippen molar-refractivity contribution in [2.24, 2.45) is 0 Å². The van der Waals surface area contributed by atoms with Crippen LogP contribution in [0, 0.1) is 0 Å². The topological polar surface area (TPSA) is 175 Å². The summed E-state index contributed by atoms with van der Waals surface area (Å²) in [4.78, 5) is 51.3. The third-order valence-corrected chi connectivity index (χ3v) is 14.6. The number of aliphatic hydroxyl groups excluding tert-OH is 2. The lowest BCUT2D eigenvalue weighted by molar-refractivity contribution is -0.301. The predicted molar refractivity (Wildman–Crippen MR) is 322 cm³/mol.